The van der Waals surface area contributed by atoms with Gasteiger partial charge >= 0.3 is 5.97 Å². The zero-order chi connectivity index (χ0) is 8.97. The summed E-state index contributed by atoms with van der Waals surface area (Å²) in [6.07, 6.45) is 1.05. The first kappa shape index (κ1) is 9.19. The van der Waals surface area contributed by atoms with Crippen LogP contribution in [0.4, 0.5) is 0 Å². The molecule has 68 valence electrons. The maximum absolute atomic E-state index is 11.1. The van der Waals surface area contributed by atoms with Gasteiger partial charge in [-0.05, 0) is 13.3 Å². The number of hydrogen-bond donors (Lipinski definition) is 1. The van der Waals surface area contributed by atoms with Crippen molar-refractivity contribution < 1.29 is 14.3 Å². The van der Waals surface area contributed by atoms with Crippen LogP contribution in [0.3, 0.4) is 0 Å². The lowest BCUT2D eigenvalue weighted by atomic mass is 10.0. The van der Waals surface area contributed by atoms with Crippen molar-refractivity contribution in [3.8, 4) is 0 Å². The van der Waals surface area contributed by atoms with Gasteiger partial charge in [-0.15, -0.1) is 0 Å². The van der Waals surface area contributed by atoms with Crippen molar-refractivity contribution in [2.75, 3.05) is 13.2 Å². The van der Waals surface area contributed by atoms with Crippen molar-refractivity contribution in [3.05, 3.63) is 0 Å². The van der Waals surface area contributed by atoms with Crippen LogP contribution in [-0.2, 0) is 14.3 Å². The summed E-state index contributed by atoms with van der Waals surface area (Å²) in [5, 5.41) is 2.83. The third-order valence-electron chi connectivity index (χ3n) is 1.83. The number of nitrogens with one attached hydrogen (secondary N) is 1. The molecule has 0 aromatic rings. The van der Waals surface area contributed by atoms with E-state index in [1.807, 2.05) is 0 Å². The van der Waals surface area contributed by atoms with Crippen LogP contribution in [0.15, 0.2) is 0 Å². The number of rotatable bonds is 2. The smallest absolute Gasteiger partial charge is 0.323 e. The summed E-state index contributed by atoms with van der Waals surface area (Å²) in [6, 6.07) is -0.275. The number of carbonyl (C=O) groups excluding carboxylic acids is 2. The Kier molecular flexibility index (Phi) is 3.22. The van der Waals surface area contributed by atoms with E-state index in [1.54, 1.807) is 6.92 Å². The number of ketones is 1. The number of hydrogen-bond acceptors (Lipinski definition) is 4. The number of carbonyl (C=O) groups is 2. The van der Waals surface area contributed by atoms with Gasteiger partial charge in [0.15, 0.2) is 0 Å². The third kappa shape index (κ3) is 2.30. The van der Waals surface area contributed by atoms with Gasteiger partial charge in [-0.3, -0.25) is 14.9 Å². The first-order chi connectivity index (χ1) is 5.74. The summed E-state index contributed by atoms with van der Waals surface area (Å²) in [5.41, 5.74) is 0. The molecule has 0 spiro atoms. The second-order valence-corrected chi connectivity index (χ2v) is 2.76. The highest BCUT2D eigenvalue weighted by Gasteiger charge is 2.24. The fraction of sp³-hybridized carbons (Fsp3) is 0.750. The van der Waals surface area contributed by atoms with Gasteiger partial charge in [-0.2, -0.15) is 0 Å². The Balaban J connectivity index is 2.33. The number of Topliss-reactive ketones (excluding diaryl/α,β-unsaturated/α-hetero) is 1. The lowest BCUT2D eigenvalue weighted by Gasteiger charge is -2.20. The third-order valence-corrected chi connectivity index (χ3v) is 1.83. The number of esters is 1. The topological polar surface area (TPSA) is 55.4 Å². The second-order valence-electron chi connectivity index (χ2n) is 2.76. The minimum atomic E-state index is -0.275. The molecular weight excluding hydrogens is 158 g/mol. The van der Waals surface area contributed by atoms with Crippen LogP contribution in [0.25, 0.3) is 0 Å². The van der Waals surface area contributed by atoms with E-state index in [0.717, 1.165) is 0 Å². The molecule has 1 atom stereocenters. The van der Waals surface area contributed by atoms with Crippen LogP contribution in [0.2, 0.25) is 0 Å². The lowest BCUT2D eigenvalue weighted by Crippen LogP contribution is -2.45. The van der Waals surface area contributed by atoms with E-state index in [4.69, 9.17) is 4.74 Å². The molecule has 12 heavy (non-hydrogen) atoms. The zero-order valence-electron chi connectivity index (χ0n) is 7.13. The Morgan fingerprint density at radius 1 is 1.75 bits per heavy atom. The Bertz CT molecular complexity index is 181. The van der Waals surface area contributed by atoms with Gasteiger partial charge in [0.25, 0.3) is 0 Å². The monoisotopic (exact) mass is 171 g/mol. The van der Waals surface area contributed by atoms with Crippen LogP contribution < -0.4 is 5.32 Å². The Hall–Kier alpha value is -0.900. The van der Waals surface area contributed by atoms with Crippen LogP contribution in [0.5, 0.6) is 0 Å². The quantitative estimate of drug-likeness (QED) is 0.588. The molecule has 0 bridgehead atoms. The van der Waals surface area contributed by atoms with Gasteiger partial charge in [0.1, 0.15) is 11.8 Å². The molecule has 1 heterocycles. The zero-order valence-corrected chi connectivity index (χ0v) is 7.13. The van der Waals surface area contributed by atoms with Crippen molar-refractivity contribution in [2.45, 2.75) is 25.8 Å². The van der Waals surface area contributed by atoms with Gasteiger partial charge in [0, 0.05) is 6.42 Å². The normalized spacial score (nSPS) is 23.8. The molecule has 0 aromatic carbocycles. The van der Waals surface area contributed by atoms with E-state index in [2.05, 4.69) is 5.32 Å². The summed E-state index contributed by atoms with van der Waals surface area (Å²) in [4.78, 5) is 21.9. The Morgan fingerprint density at radius 2 is 2.50 bits per heavy atom. The molecular formula is C8H13NO3. The van der Waals surface area contributed by atoms with E-state index in [0.29, 0.717) is 26.0 Å². The summed E-state index contributed by atoms with van der Waals surface area (Å²) < 4.78 is 4.80. The molecule has 1 aliphatic heterocycles. The van der Waals surface area contributed by atoms with Crippen LogP contribution in [0.1, 0.15) is 19.8 Å². The van der Waals surface area contributed by atoms with E-state index in [1.165, 1.54) is 0 Å². The van der Waals surface area contributed by atoms with Gasteiger partial charge < -0.3 is 4.74 Å². The van der Waals surface area contributed by atoms with Gasteiger partial charge in [-0.25, -0.2) is 0 Å². The van der Waals surface area contributed by atoms with E-state index < -0.39 is 0 Å². The molecule has 1 unspecified atom stereocenters. The maximum Gasteiger partial charge on any atom is 0.323 e. The average molecular weight is 171 g/mol. The van der Waals surface area contributed by atoms with E-state index >= 15 is 0 Å². The van der Waals surface area contributed by atoms with Crippen molar-refractivity contribution in [2.24, 2.45) is 0 Å². The molecule has 1 aliphatic rings. The molecule has 0 radical (unpaired) electrons. The minimum absolute atomic E-state index is 0.163. The largest absolute Gasteiger partial charge is 0.465 e. The fourth-order valence-corrected chi connectivity index (χ4v) is 1.18. The highest BCUT2D eigenvalue weighted by atomic mass is 16.5. The SMILES string of the molecule is CCOC(=O)C1CCC(=O)CN1. The van der Waals surface area contributed by atoms with Crippen LogP contribution >= 0.6 is 0 Å². The number of piperidine rings is 1. The maximum atomic E-state index is 11.1. The van der Waals surface area contributed by atoms with Crippen molar-refractivity contribution >= 4 is 11.8 Å². The molecule has 1 rings (SSSR count). The Labute approximate surface area is 71.3 Å². The molecule has 0 saturated carbocycles. The molecule has 1 saturated heterocycles. The van der Waals surface area contributed by atoms with Crippen molar-refractivity contribution in [3.63, 3.8) is 0 Å². The first-order valence-electron chi connectivity index (χ1n) is 4.15. The van der Waals surface area contributed by atoms with Crippen LogP contribution in [0, 0.1) is 0 Å². The first-order valence-corrected chi connectivity index (χ1v) is 4.15. The van der Waals surface area contributed by atoms with Crippen molar-refractivity contribution in [1.82, 2.24) is 5.32 Å². The summed E-state index contributed by atoms with van der Waals surface area (Å²) in [5.74, 6) is -0.0828. The molecule has 1 fully saturated rings. The lowest BCUT2D eigenvalue weighted by molar-refractivity contribution is -0.146. The Morgan fingerprint density at radius 3 is 3.00 bits per heavy atom. The predicted octanol–water partition coefficient (Wildman–Crippen LogP) is -0.129. The summed E-state index contributed by atoms with van der Waals surface area (Å²) in [7, 11) is 0. The van der Waals surface area contributed by atoms with Gasteiger partial charge in [-0.1, -0.05) is 0 Å². The molecule has 0 aromatic heterocycles. The summed E-state index contributed by atoms with van der Waals surface area (Å²) in [6.45, 7) is 2.46. The van der Waals surface area contributed by atoms with Gasteiger partial charge in [0.05, 0.1) is 13.2 Å². The molecule has 0 amide bonds. The fourth-order valence-electron chi connectivity index (χ4n) is 1.18. The van der Waals surface area contributed by atoms with Crippen molar-refractivity contribution in [1.29, 1.82) is 0 Å². The standard InChI is InChI=1S/C8H13NO3/c1-2-12-8(11)7-4-3-6(10)5-9-7/h7,9H,2-5H2,1H3. The minimum Gasteiger partial charge on any atom is -0.465 e. The second kappa shape index (κ2) is 4.21. The molecule has 1 N–H and O–H groups in total. The van der Waals surface area contributed by atoms with Crippen LogP contribution in [-0.4, -0.2) is 30.9 Å². The highest BCUT2D eigenvalue weighted by Crippen LogP contribution is 2.05. The van der Waals surface area contributed by atoms with E-state index in [9.17, 15) is 9.59 Å². The number of ether oxygens (including phenoxy) is 1. The van der Waals surface area contributed by atoms with E-state index in [-0.39, 0.29) is 17.8 Å². The molecule has 4 heteroatoms. The highest BCUT2D eigenvalue weighted by molar-refractivity contribution is 5.85. The predicted molar refractivity (Wildman–Crippen MR) is 42.7 cm³/mol. The van der Waals surface area contributed by atoms with Gasteiger partial charge in [0.2, 0.25) is 0 Å². The molecule has 4 nitrogen and oxygen atoms in total. The summed E-state index contributed by atoms with van der Waals surface area (Å²) >= 11 is 0. The molecule has 0 aliphatic carbocycles. The average Bonchev–Trinajstić information content (AvgIpc) is 2.06.